The molecule has 0 N–H and O–H groups in total. The van der Waals surface area contributed by atoms with Crippen LogP contribution in [0, 0.1) is 0 Å². The highest BCUT2D eigenvalue weighted by Gasteiger charge is 2.38. The molecule has 0 aromatic heterocycles. The molecule has 0 aliphatic carbocycles. The van der Waals surface area contributed by atoms with Gasteiger partial charge in [0, 0.05) is 14.8 Å². The lowest BCUT2D eigenvalue weighted by Gasteiger charge is -2.39. The minimum Gasteiger partial charge on any atom is -0.0895 e. The molecule has 0 spiro atoms. The molecule has 23 heavy (non-hydrogen) atoms. The lowest BCUT2D eigenvalue weighted by atomic mass is 10.0. The normalized spacial score (nSPS) is 17.4. The fourth-order valence-corrected chi connectivity index (χ4v) is 5.40. The largest absolute Gasteiger partial charge is 0.0895 e. The molecule has 0 nitrogen and oxygen atoms in total. The molecule has 2 aromatic rings. The van der Waals surface area contributed by atoms with Gasteiger partial charge in [-0.15, -0.1) is 0 Å². The highest BCUT2D eigenvalue weighted by Crippen LogP contribution is 2.54. The Balaban J connectivity index is 2.10. The summed E-state index contributed by atoms with van der Waals surface area (Å²) in [5, 5.41) is 0.161. The Hall–Kier alpha value is -1.51. The molecular formula is C21H24SSi. The number of thioether (sulfide) groups is 1. The van der Waals surface area contributed by atoms with Gasteiger partial charge >= 0.3 is 0 Å². The fourth-order valence-electron chi connectivity index (χ4n) is 2.69. The Kier molecular flexibility index (Phi) is 4.39. The number of hydrogen-bond donors (Lipinski definition) is 0. The Labute approximate surface area is 145 Å². The van der Waals surface area contributed by atoms with Crippen LogP contribution in [0.3, 0.4) is 0 Å². The summed E-state index contributed by atoms with van der Waals surface area (Å²) < 4.78 is 0. The minimum absolute atomic E-state index is 0.161. The first-order chi connectivity index (χ1) is 10.9. The fraction of sp³-hybridized carbons (Fsp3) is 0.238. The van der Waals surface area contributed by atoms with E-state index in [0.717, 1.165) is 0 Å². The number of benzene rings is 2. The van der Waals surface area contributed by atoms with E-state index in [9.17, 15) is 0 Å². The Bertz CT molecular complexity index is 681. The minimum atomic E-state index is -1.40. The van der Waals surface area contributed by atoms with Crippen molar-refractivity contribution in [3.05, 3.63) is 83.9 Å². The molecule has 0 fully saturated rings. The van der Waals surface area contributed by atoms with Crippen molar-refractivity contribution in [2.45, 2.75) is 31.6 Å². The summed E-state index contributed by atoms with van der Waals surface area (Å²) in [5.41, 5.74) is 2.65. The Morgan fingerprint density at radius 2 is 1.09 bits per heavy atom. The molecule has 0 unspecified atom stereocenters. The van der Waals surface area contributed by atoms with Gasteiger partial charge in [-0.05, 0) is 11.1 Å². The maximum Gasteiger partial charge on any atom is 0.0594 e. The molecule has 3 rings (SSSR count). The van der Waals surface area contributed by atoms with E-state index >= 15 is 0 Å². The van der Waals surface area contributed by atoms with Crippen LogP contribution < -0.4 is 0 Å². The monoisotopic (exact) mass is 336 g/mol. The molecule has 0 radical (unpaired) electrons. The molecule has 1 heterocycles. The van der Waals surface area contributed by atoms with Crippen LogP contribution in [0.1, 0.15) is 18.1 Å². The molecule has 0 saturated heterocycles. The molecule has 118 valence electrons. The summed E-state index contributed by atoms with van der Waals surface area (Å²) in [4.78, 5) is 2.77. The van der Waals surface area contributed by atoms with Crippen LogP contribution in [0.4, 0.5) is 0 Å². The van der Waals surface area contributed by atoms with Gasteiger partial charge < -0.3 is 0 Å². The van der Waals surface area contributed by atoms with Gasteiger partial charge in [-0.3, -0.25) is 0 Å². The molecule has 0 atom stereocenters. The first-order valence-electron chi connectivity index (χ1n) is 8.13. The maximum absolute atomic E-state index is 2.51. The maximum atomic E-state index is 2.51. The van der Waals surface area contributed by atoms with Crippen LogP contribution in [-0.4, -0.2) is 8.07 Å². The second kappa shape index (κ2) is 6.18. The standard InChI is InChI=1S/C21H24SSi/c1-21(23(2,3)4)15-19(17-11-7-5-8-12-17)22-20(16-21)18-13-9-6-10-14-18/h5-16H,1-4H3. The summed E-state index contributed by atoms with van der Waals surface area (Å²) >= 11 is 1.90. The van der Waals surface area contributed by atoms with Crippen LogP contribution >= 0.6 is 11.8 Å². The van der Waals surface area contributed by atoms with E-state index in [-0.39, 0.29) is 5.04 Å². The van der Waals surface area contributed by atoms with Gasteiger partial charge in [-0.25, -0.2) is 0 Å². The molecule has 0 bridgehead atoms. The lowest BCUT2D eigenvalue weighted by molar-refractivity contribution is 0.916. The predicted molar refractivity (Wildman–Crippen MR) is 108 cm³/mol. The van der Waals surface area contributed by atoms with Gasteiger partial charge in [0.15, 0.2) is 0 Å². The smallest absolute Gasteiger partial charge is 0.0594 e. The number of allylic oxidation sites excluding steroid dienone is 2. The van der Waals surface area contributed by atoms with Crippen molar-refractivity contribution in [1.29, 1.82) is 0 Å². The van der Waals surface area contributed by atoms with E-state index in [1.165, 1.54) is 20.9 Å². The van der Waals surface area contributed by atoms with Crippen molar-refractivity contribution in [2.75, 3.05) is 0 Å². The molecular weight excluding hydrogens is 312 g/mol. The molecule has 2 heteroatoms. The van der Waals surface area contributed by atoms with Gasteiger partial charge in [-0.2, -0.15) is 0 Å². The van der Waals surface area contributed by atoms with Gasteiger partial charge in [0.05, 0.1) is 8.07 Å². The summed E-state index contributed by atoms with van der Waals surface area (Å²) in [6.45, 7) is 9.79. The van der Waals surface area contributed by atoms with E-state index < -0.39 is 8.07 Å². The van der Waals surface area contributed by atoms with Gasteiger partial charge in [-0.1, -0.05) is 111 Å². The SMILES string of the molecule is CC1([Si](C)(C)C)C=C(c2ccccc2)SC(c2ccccc2)=C1. The molecule has 0 amide bonds. The van der Waals surface area contributed by atoms with E-state index in [1.54, 1.807) is 0 Å². The number of rotatable bonds is 3. The Morgan fingerprint density at radius 3 is 1.43 bits per heavy atom. The van der Waals surface area contributed by atoms with Crippen molar-refractivity contribution >= 4 is 29.6 Å². The van der Waals surface area contributed by atoms with Crippen molar-refractivity contribution in [1.82, 2.24) is 0 Å². The second-order valence-electron chi connectivity index (χ2n) is 7.38. The average molecular weight is 337 g/mol. The highest BCUT2D eigenvalue weighted by molar-refractivity contribution is 8.16. The van der Waals surface area contributed by atoms with Crippen LogP contribution in [0.2, 0.25) is 24.7 Å². The molecule has 2 aromatic carbocycles. The molecule has 1 aliphatic rings. The molecule has 1 aliphatic heterocycles. The van der Waals surface area contributed by atoms with E-state index in [1.807, 2.05) is 11.8 Å². The quantitative estimate of drug-likeness (QED) is 0.548. The summed E-state index contributed by atoms with van der Waals surface area (Å²) in [6.07, 6.45) is 5.01. The zero-order chi connectivity index (χ0) is 16.5. The summed E-state index contributed by atoms with van der Waals surface area (Å²) in [6, 6.07) is 21.6. The second-order valence-corrected chi connectivity index (χ2v) is 14.0. The van der Waals surface area contributed by atoms with Crippen LogP contribution in [0.5, 0.6) is 0 Å². The third-order valence-corrected chi connectivity index (χ3v) is 9.48. The van der Waals surface area contributed by atoms with Gasteiger partial charge in [0.25, 0.3) is 0 Å². The van der Waals surface area contributed by atoms with Crippen molar-refractivity contribution < 1.29 is 0 Å². The first kappa shape index (κ1) is 16.3. The van der Waals surface area contributed by atoms with Crippen molar-refractivity contribution in [3.63, 3.8) is 0 Å². The third kappa shape index (κ3) is 3.38. The predicted octanol–water partition coefficient (Wildman–Crippen LogP) is 6.91. The zero-order valence-electron chi connectivity index (χ0n) is 14.3. The average Bonchev–Trinajstić information content (AvgIpc) is 2.55. The Morgan fingerprint density at radius 1 is 0.696 bits per heavy atom. The summed E-state index contributed by atoms with van der Waals surface area (Å²) in [5.74, 6) is 0. The van der Waals surface area contributed by atoms with E-state index in [4.69, 9.17) is 0 Å². The zero-order valence-corrected chi connectivity index (χ0v) is 16.2. The van der Waals surface area contributed by atoms with Gasteiger partial charge in [0.2, 0.25) is 0 Å². The van der Waals surface area contributed by atoms with Crippen LogP contribution in [0.15, 0.2) is 72.8 Å². The topological polar surface area (TPSA) is 0 Å². The van der Waals surface area contributed by atoms with E-state index in [0.29, 0.717) is 0 Å². The van der Waals surface area contributed by atoms with Crippen molar-refractivity contribution in [2.24, 2.45) is 0 Å². The first-order valence-corrected chi connectivity index (χ1v) is 12.5. The number of hydrogen-bond acceptors (Lipinski definition) is 1. The third-order valence-electron chi connectivity index (χ3n) is 4.81. The lowest BCUT2D eigenvalue weighted by Crippen LogP contribution is -2.35. The molecule has 0 saturated carbocycles. The van der Waals surface area contributed by atoms with Crippen molar-refractivity contribution in [3.8, 4) is 0 Å². The highest BCUT2D eigenvalue weighted by atomic mass is 32.2. The van der Waals surface area contributed by atoms with Crippen LogP contribution in [-0.2, 0) is 0 Å². The summed E-state index contributed by atoms with van der Waals surface area (Å²) in [7, 11) is -1.40. The van der Waals surface area contributed by atoms with Gasteiger partial charge in [0.1, 0.15) is 0 Å². The van der Waals surface area contributed by atoms with E-state index in [2.05, 4.69) is 99.4 Å². The van der Waals surface area contributed by atoms with Crippen LogP contribution in [0.25, 0.3) is 9.81 Å².